The van der Waals surface area contributed by atoms with Gasteiger partial charge in [0, 0.05) is 25.7 Å². The molecule has 1 rings (SSSR count). The molecule has 0 radical (unpaired) electrons. The molecule has 110 valence electrons. The number of carbonyl (C=O) groups excluding carboxylic acids is 2. The lowest BCUT2D eigenvalue weighted by molar-refractivity contribution is -0.140. The van der Waals surface area contributed by atoms with Crippen molar-refractivity contribution in [1.29, 1.82) is 0 Å². The number of rotatable bonds is 6. The van der Waals surface area contributed by atoms with Gasteiger partial charge in [-0.1, -0.05) is 0 Å². The zero-order valence-corrected chi connectivity index (χ0v) is 12.0. The van der Waals surface area contributed by atoms with Crippen LogP contribution in [0.1, 0.15) is 23.2 Å². The Morgan fingerprint density at radius 1 is 1.30 bits per heavy atom. The van der Waals surface area contributed by atoms with Crippen LogP contribution in [0.3, 0.4) is 0 Å². The molecule has 0 unspecified atom stereocenters. The fourth-order valence-electron chi connectivity index (χ4n) is 1.76. The van der Waals surface area contributed by atoms with E-state index < -0.39 is 0 Å². The van der Waals surface area contributed by atoms with Gasteiger partial charge in [-0.05, 0) is 24.6 Å². The number of nitrogen functional groups attached to an aromatic ring is 1. The number of anilines is 1. The summed E-state index contributed by atoms with van der Waals surface area (Å²) in [7, 11) is 4.51. The van der Waals surface area contributed by atoms with E-state index in [0.717, 1.165) is 0 Å². The summed E-state index contributed by atoms with van der Waals surface area (Å²) in [6, 6.07) is 4.91. The van der Waals surface area contributed by atoms with Gasteiger partial charge in [-0.3, -0.25) is 9.59 Å². The molecule has 2 N–H and O–H groups in total. The average Bonchev–Trinajstić information content (AvgIpc) is 2.45. The summed E-state index contributed by atoms with van der Waals surface area (Å²) in [6.07, 6.45) is 0.821. The van der Waals surface area contributed by atoms with E-state index in [1.54, 1.807) is 25.2 Å². The van der Waals surface area contributed by atoms with Gasteiger partial charge in [0.1, 0.15) is 5.75 Å². The Balaban J connectivity index is 2.69. The van der Waals surface area contributed by atoms with Gasteiger partial charge >= 0.3 is 5.97 Å². The van der Waals surface area contributed by atoms with Gasteiger partial charge in [-0.25, -0.2) is 0 Å². The Bertz CT molecular complexity index is 488. The molecule has 0 saturated carbocycles. The van der Waals surface area contributed by atoms with Gasteiger partial charge in [0.25, 0.3) is 5.91 Å². The minimum absolute atomic E-state index is 0.195. The number of hydrogen-bond donors (Lipinski definition) is 1. The van der Waals surface area contributed by atoms with Crippen LogP contribution in [0.25, 0.3) is 0 Å². The van der Waals surface area contributed by atoms with Gasteiger partial charge in [0.05, 0.1) is 19.8 Å². The molecule has 0 spiro atoms. The monoisotopic (exact) mass is 280 g/mol. The summed E-state index contributed by atoms with van der Waals surface area (Å²) >= 11 is 0. The quantitative estimate of drug-likeness (QED) is 0.627. The smallest absolute Gasteiger partial charge is 0.305 e. The highest BCUT2D eigenvalue weighted by Gasteiger charge is 2.17. The van der Waals surface area contributed by atoms with Crippen LogP contribution in [0.2, 0.25) is 0 Å². The molecular formula is C14H20N2O4. The summed E-state index contributed by atoms with van der Waals surface area (Å²) < 4.78 is 9.71. The standard InChI is InChI=1S/C14H20N2O4/c1-16(8-4-5-13(17)20-3)14(18)11-9-10(15)6-7-12(11)19-2/h6-7,9H,4-5,8,15H2,1-3H3. The number of ether oxygens (including phenoxy) is 2. The number of nitrogens with zero attached hydrogens (tertiary/aromatic N) is 1. The second kappa shape index (κ2) is 7.37. The van der Waals surface area contributed by atoms with Gasteiger partial charge in [-0.15, -0.1) is 0 Å². The van der Waals surface area contributed by atoms with Crippen molar-refractivity contribution >= 4 is 17.6 Å². The number of esters is 1. The van der Waals surface area contributed by atoms with Gasteiger partial charge < -0.3 is 20.1 Å². The van der Waals surface area contributed by atoms with Crippen molar-refractivity contribution in [3.05, 3.63) is 23.8 Å². The van der Waals surface area contributed by atoms with Crippen molar-refractivity contribution in [2.24, 2.45) is 0 Å². The van der Waals surface area contributed by atoms with E-state index in [0.29, 0.717) is 30.0 Å². The van der Waals surface area contributed by atoms with Crippen LogP contribution in [0, 0.1) is 0 Å². The Hall–Kier alpha value is -2.24. The number of benzene rings is 1. The molecule has 0 aliphatic carbocycles. The van der Waals surface area contributed by atoms with E-state index >= 15 is 0 Å². The first kappa shape index (κ1) is 15.8. The molecule has 1 amide bonds. The highest BCUT2D eigenvalue weighted by Crippen LogP contribution is 2.22. The summed E-state index contributed by atoms with van der Waals surface area (Å²) in [5.41, 5.74) is 6.60. The van der Waals surface area contributed by atoms with Gasteiger partial charge in [-0.2, -0.15) is 0 Å². The van der Waals surface area contributed by atoms with Crippen molar-refractivity contribution in [1.82, 2.24) is 4.90 Å². The van der Waals surface area contributed by atoms with Crippen LogP contribution < -0.4 is 10.5 Å². The van der Waals surface area contributed by atoms with E-state index in [4.69, 9.17) is 10.5 Å². The molecule has 6 heteroatoms. The van der Waals surface area contributed by atoms with E-state index in [2.05, 4.69) is 4.74 Å². The third kappa shape index (κ3) is 4.15. The fourth-order valence-corrected chi connectivity index (χ4v) is 1.76. The Morgan fingerprint density at radius 3 is 2.60 bits per heavy atom. The molecular weight excluding hydrogens is 260 g/mol. The first-order valence-corrected chi connectivity index (χ1v) is 6.25. The van der Waals surface area contributed by atoms with Gasteiger partial charge in [0.2, 0.25) is 0 Å². The molecule has 0 aromatic heterocycles. The second-order valence-corrected chi connectivity index (χ2v) is 4.37. The predicted octanol–water partition coefficient (Wildman–Crippen LogP) is 1.30. The van der Waals surface area contributed by atoms with Crippen LogP contribution in [-0.4, -0.2) is 44.6 Å². The first-order valence-electron chi connectivity index (χ1n) is 6.25. The lowest BCUT2D eigenvalue weighted by atomic mass is 10.1. The molecule has 0 aliphatic heterocycles. The van der Waals surface area contributed by atoms with E-state index in [9.17, 15) is 9.59 Å². The fraction of sp³-hybridized carbons (Fsp3) is 0.429. The molecule has 1 aromatic rings. The zero-order valence-electron chi connectivity index (χ0n) is 12.0. The Kier molecular flexibility index (Phi) is 5.83. The van der Waals surface area contributed by atoms with Crippen molar-refractivity contribution in [3.63, 3.8) is 0 Å². The molecule has 20 heavy (non-hydrogen) atoms. The summed E-state index contributed by atoms with van der Waals surface area (Å²) in [5, 5.41) is 0. The Labute approximate surface area is 118 Å². The van der Waals surface area contributed by atoms with Crippen molar-refractivity contribution in [3.8, 4) is 5.75 Å². The molecule has 0 atom stereocenters. The molecule has 0 heterocycles. The summed E-state index contributed by atoms with van der Waals surface area (Å²) in [5.74, 6) is -0.00424. The maximum absolute atomic E-state index is 12.3. The zero-order chi connectivity index (χ0) is 15.1. The molecule has 0 bridgehead atoms. The molecule has 0 aliphatic rings. The van der Waals surface area contributed by atoms with Crippen LogP contribution in [0.5, 0.6) is 5.75 Å². The van der Waals surface area contributed by atoms with Crippen molar-refractivity contribution in [2.75, 3.05) is 33.5 Å². The van der Waals surface area contributed by atoms with Crippen LogP contribution in [0.4, 0.5) is 5.69 Å². The van der Waals surface area contributed by atoms with E-state index in [1.165, 1.54) is 19.1 Å². The number of methoxy groups -OCH3 is 2. The minimum Gasteiger partial charge on any atom is -0.496 e. The number of amides is 1. The highest BCUT2D eigenvalue weighted by atomic mass is 16.5. The normalized spacial score (nSPS) is 9.95. The molecule has 1 aromatic carbocycles. The number of hydrogen-bond acceptors (Lipinski definition) is 5. The summed E-state index contributed by atoms with van der Waals surface area (Å²) in [6.45, 7) is 0.450. The first-order chi connectivity index (χ1) is 9.49. The molecule has 0 saturated heterocycles. The lowest BCUT2D eigenvalue weighted by Gasteiger charge is -2.18. The van der Waals surface area contributed by atoms with Gasteiger partial charge in [0.15, 0.2) is 0 Å². The van der Waals surface area contributed by atoms with Crippen molar-refractivity contribution in [2.45, 2.75) is 12.8 Å². The van der Waals surface area contributed by atoms with Crippen LogP contribution >= 0.6 is 0 Å². The Morgan fingerprint density at radius 2 is 2.00 bits per heavy atom. The number of carbonyl (C=O) groups is 2. The van der Waals surface area contributed by atoms with E-state index in [1.807, 2.05) is 0 Å². The highest BCUT2D eigenvalue weighted by molar-refractivity contribution is 5.97. The maximum Gasteiger partial charge on any atom is 0.305 e. The SMILES string of the molecule is COC(=O)CCCN(C)C(=O)c1cc(N)ccc1OC. The van der Waals surface area contributed by atoms with E-state index in [-0.39, 0.29) is 18.3 Å². The predicted molar refractivity (Wildman–Crippen MR) is 75.6 cm³/mol. The maximum atomic E-state index is 12.3. The lowest BCUT2D eigenvalue weighted by Crippen LogP contribution is -2.28. The minimum atomic E-state index is -0.285. The number of nitrogens with two attached hydrogens (primary N) is 1. The largest absolute Gasteiger partial charge is 0.496 e. The van der Waals surface area contributed by atoms with Crippen LogP contribution in [-0.2, 0) is 9.53 Å². The van der Waals surface area contributed by atoms with Crippen molar-refractivity contribution < 1.29 is 19.1 Å². The van der Waals surface area contributed by atoms with Crippen LogP contribution in [0.15, 0.2) is 18.2 Å². The third-order valence-corrected chi connectivity index (χ3v) is 2.90. The second-order valence-electron chi connectivity index (χ2n) is 4.37. The molecule has 0 fully saturated rings. The summed E-state index contributed by atoms with van der Waals surface area (Å²) in [4.78, 5) is 24.8. The third-order valence-electron chi connectivity index (χ3n) is 2.90. The average molecular weight is 280 g/mol. The molecule has 6 nitrogen and oxygen atoms in total. The topological polar surface area (TPSA) is 81.9 Å².